The lowest BCUT2D eigenvalue weighted by Gasteiger charge is -2.44. The van der Waals surface area contributed by atoms with Crippen molar-refractivity contribution in [1.29, 1.82) is 0 Å². The van der Waals surface area contributed by atoms with Gasteiger partial charge in [0.25, 0.3) is 0 Å². The van der Waals surface area contributed by atoms with Crippen molar-refractivity contribution in [1.82, 2.24) is 24.7 Å². The number of carbonyl (C=O) groups excluding carboxylic acids is 1. The Labute approximate surface area is 198 Å². The van der Waals surface area contributed by atoms with Crippen molar-refractivity contribution in [3.05, 3.63) is 48.0 Å². The van der Waals surface area contributed by atoms with E-state index in [0.717, 1.165) is 62.1 Å². The number of carbonyl (C=O) groups is 1. The third-order valence-electron chi connectivity index (χ3n) is 8.08. The zero-order valence-electron chi connectivity index (χ0n) is 20.3. The quantitative estimate of drug-likeness (QED) is 0.718. The van der Waals surface area contributed by atoms with Crippen molar-refractivity contribution in [2.75, 3.05) is 32.7 Å². The SMILES string of the molecule is C[C@@H]1CC(N2CCN(C(=O)CN3CCc4cc(-c5cncnc5)ccc4C3)C[C@@H]2C)[C@H](C)C1. The maximum atomic E-state index is 13.2. The molecule has 4 atom stereocenters. The fourth-order valence-corrected chi connectivity index (χ4v) is 6.35. The molecule has 1 amide bonds. The standard InChI is InChI=1S/C27H37N5O/c1-19-10-20(2)26(11-19)32-9-8-31(15-21(32)3)27(33)17-30-7-6-23-12-22(4-5-24(23)16-30)25-13-28-18-29-14-25/h4-5,12-14,18-21,26H,6-11,15-17H2,1-3H3/t19-,20+,21-,26?/m0/s1. The summed E-state index contributed by atoms with van der Waals surface area (Å²) in [5, 5.41) is 0. The number of fused-ring (bicyclic) bond motifs is 1. The molecule has 1 aliphatic carbocycles. The van der Waals surface area contributed by atoms with E-state index >= 15 is 0 Å². The molecule has 1 aromatic carbocycles. The minimum Gasteiger partial charge on any atom is -0.339 e. The summed E-state index contributed by atoms with van der Waals surface area (Å²) >= 11 is 0. The van der Waals surface area contributed by atoms with Crippen LogP contribution in [0.5, 0.6) is 0 Å². The number of nitrogens with zero attached hydrogens (tertiary/aromatic N) is 5. The summed E-state index contributed by atoms with van der Waals surface area (Å²) in [6, 6.07) is 7.76. The predicted octanol–water partition coefficient (Wildman–Crippen LogP) is 3.47. The lowest BCUT2D eigenvalue weighted by atomic mass is 9.95. The van der Waals surface area contributed by atoms with Gasteiger partial charge < -0.3 is 4.90 Å². The van der Waals surface area contributed by atoms with Crippen molar-refractivity contribution in [2.45, 2.75) is 58.7 Å². The lowest BCUT2D eigenvalue weighted by Crippen LogP contribution is -2.58. The van der Waals surface area contributed by atoms with E-state index in [-0.39, 0.29) is 5.91 Å². The third kappa shape index (κ3) is 4.82. The van der Waals surface area contributed by atoms with Gasteiger partial charge in [0.1, 0.15) is 6.33 Å². The number of hydrogen-bond donors (Lipinski definition) is 0. The van der Waals surface area contributed by atoms with Gasteiger partial charge in [0.05, 0.1) is 6.54 Å². The number of rotatable bonds is 4. The van der Waals surface area contributed by atoms with Gasteiger partial charge in [-0.1, -0.05) is 32.0 Å². The van der Waals surface area contributed by atoms with Crippen molar-refractivity contribution < 1.29 is 4.79 Å². The van der Waals surface area contributed by atoms with Crippen LogP contribution < -0.4 is 0 Å². The molecule has 3 aliphatic rings. The second-order valence-corrected chi connectivity index (χ2v) is 10.6. The van der Waals surface area contributed by atoms with Gasteiger partial charge in [-0.3, -0.25) is 14.6 Å². The highest BCUT2D eigenvalue weighted by Gasteiger charge is 2.38. The molecule has 3 heterocycles. The Morgan fingerprint density at radius 1 is 1.00 bits per heavy atom. The summed E-state index contributed by atoms with van der Waals surface area (Å²) in [6.45, 7) is 12.2. The monoisotopic (exact) mass is 447 g/mol. The molecular formula is C27H37N5O. The number of benzene rings is 1. The highest BCUT2D eigenvalue weighted by Crippen LogP contribution is 2.35. The van der Waals surface area contributed by atoms with E-state index in [1.165, 1.54) is 24.0 Å². The normalized spacial score (nSPS) is 28.6. The Bertz CT molecular complexity index is 980. The van der Waals surface area contributed by atoms with E-state index in [2.05, 4.69) is 63.6 Å². The van der Waals surface area contributed by atoms with E-state index in [1.54, 1.807) is 6.33 Å². The Morgan fingerprint density at radius 2 is 1.82 bits per heavy atom. The highest BCUT2D eigenvalue weighted by atomic mass is 16.2. The molecule has 1 aromatic heterocycles. The Kier molecular flexibility index (Phi) is 6.48. The average Bonchev–Trinajstić information content (AvgIpc) is 3.16. The molecule has 0 spiro atoms. The molecule has 0 radical (unpaired) electrons. The molecule has 2 aliphatic heterocycles. The van der Waals surface area contributed by atoms with Crippen molar-refractivity contribution in [3.8, 4) is 11.1 Å². The molecule has 0 bridgehead atoms. The van der Waals surface area contributed by atoms with Gasteiger partial charge in [0.15, 0.2) is 0 Å². The van der Waals surface area contributed by atoms with Crippen LogP contribution in [0.15, 0.2) is 36.9 Å². The lowest BCUT2D eigenvalue weighted by molar-refractivity contribution is -0.136. The van der Waals surface area contributed by atoms with E-state index in [9.17, 15) is 4.79 Å². The maximum Gasteiger partial charge on any atom is 0.236 e. The Balaban J connectivity index is 1.16. The average molecular weight is 448 g/mol. The molecule has 5 rings (SSSR count). The van der Waals surface area contributed by atoms with Crippen LogP contribution in [-0.2, 0) is 17.8 Å². The molecule has 2 fully saturated rings. The van der Waals surface area contributed by atoms with Gasteiger partial charge in [-0.2, -0.15) is 0 Å². The van der Waals surface area contributed by atoms with Crippen LogP contribution in [0, 0.1) is 11.8 Å². The summed E-state index contributed by atoms with van der Waals surface area (Å²) < 4.78 is 0. The molecule has 6 nitrogen and oxygen atoms in total. The molecule has 1 saturated carbocycles. The molecule has 6 heteroatoms. The number of amides is 1. The molecule has 1 unspecified atom stereocenters. The summed E-state index contributed by atoms with van der Waals surface area (Å²) in [5.74, 6) is 1.89. The molecule has 33 heavy (non-hydrogen) atoms. The fraction of sp³-hybridized carbons (Fsp3) is 0.593. The van der Waals surface area contributed by atoms with Crippen molar-refractivity contribution in [3.63, 3.8) is 0 Å². The zero-order chi connectivity index (χ0) is 22.9. The zero-order valence-corrected chi connectivity index (χ0v) is 20.3. The van der Waals surface area contributed by atoms with Gasteiger partial charge in [-0.15, -0.1) is 0 Å². The second-order valence-electron chi connectivity index (χ2n) is 10.6. The van der Waals surface area contributed by atoms with Gasteiger partial charge >= 0.3 is 0 Å². The summed E-state index contributed by atoms with van der Waals surface area (Å²) in [5.41, 5.74) is 4.92. The van der Waals surface area contributed by atoms with Gasteiger partial charge in [-0.05, 0) is 54.7 Å². The molecular weight excluding hydrogens is 410 g/mol. The highest BCUT2D eigenvalue weighted by molar-refractivity contribution is 5.78. The minimum atomic E-state index is 0.288. The van der Waals surface area contributed by atoms with Gasteiger partial charge in [0.2, 0.25) is 5.91 Å². The topological polar surface area (TPSA) is 52.6 Å². The molecule has 176 valence electrons. The van der Waals surface area contributed by atoms with E-state index in [1.807, 2.05) is 12.4 Å². The molecule has 0 N–H and O–H groups in total. The Morgan fingerprint density at radius 3 is 2.55 bits per heavy atom. The number of piperazine rings is 1. The first kappa shape index (κ1) is 22.5. The van der Waals surface area contributed by atoms with E-state index in [0.29, 0.717) is 18.6 Å². The molecule has 1 saturated heterocycles. The van der Waals surface area contributed by atoms with Crippen molar-refractivity contribution >= 4 is 5.91 Å². The molecule has 2 aromatic rings. The second kappa shape index (κ2) is 9.51. The largest absolute Gasteiger partial charge is 0.339 e. The van der Waals surface area contributed by atoms with Gasteiger partial charge in [0, 0.05) is 62.8 Å². The van der Waals surface area contributed by atoms with Crippen LogP contribution >= 0.6 is 0 Å². The Hall–Kier alpha value is -2.31. The van der Waals surface area contributed by atoms with Gasteiger partial charge in [-0.25, -0.2) is 9.97 Å². The minimum absolute atomic E-state index is 0.288. The summed E-state index contributed by atoms with van der Waals surface area (Å²) in [4.78, 5) is 28.5. The number of hydrogen-bond acceptors (Lipinski definition) is 5. The van der Waals surface area contributed by atoms with Crippen LogP contribution in [0.4, 0.5) is 0 Å². The summed E-state index contributed by atoms with van der Waals surface area (Å²) in [6.07, 6.45) is 8.91. The smallest absolute Gasteiger partial charge is 0.236 e. The van der Waals surface area contributed by atoms with Crippen LogP contribution in [0.1, 0.15) is 44.7 Å². The first-order valence-corrected chi connectivity index (χ1v) is 12.6. The third-order valence-corrected chi connectivity index (χ3v) is 8.08. The number of aromatic nitrogens is 2. The van der Waals surface area contributed by atoms with Crippen molar-refractivity contribution in [2.24, 2.45) is 11.8 Å². The van der Waals surface area contributed by atoms with Crippen LogP contribution in [0.25, 0.3) is 11.1 Å². The van der Waals surface area contributed by atoms with E-state index < -0.39 is 0 Å². The van der Waals surface area contributed by atoms with Crippen LogP contribution in [-0.4, -0.2) is 75.4 Å². The van der Waals surface area contributed by atoms with E-state index in [4.69, 9.17) is 0 Å². The maximum absolute atomic E-state index is 13.2. The van der Waals surface area contributed by atoms with Crippen LogP contribution in [0.2, 0.25) is 0 Å². The summed E-state index contributed by atoms with van der Waals surface area (Å²) in [7, 11) is 0. The first-order valence-electron chi connectivity index (χ1n) is 12.6. The van der Waals surface area contributed by atoms with Crippen LogP contribution in [0.3, 0.4) is 0 Å². The first-order chi connectivity index (χ1) is 16.0. The predicted molar refractivity (Wildman–Crippen MR) is 131 cm³/mol. The fourth-order valence-electron chi connectivity index (χ4n) is 6.35.